The molecule has 5 heteroatoms. The third-order valence-electron chi connectivity index (χ3n) is 5.32. The van der Waals surface area contributed by atoms with Crippen LogP contribution in [0.5, 0.6) is 0 Å². The van der Waals surface area contributed by atoms with Crippen molar-refractivity contribution in [1.29, 1.82) is 0 Å². The normalized spacial score (nSPS) is 27.6. The highest BCUT2D eigenvalue weighted by Gasteiger charge is 2.43. The van der Waals surface area contributed by atoms with Crippen molar-refractivity contribution in [2.45, 2.75) is 58.0 Å². The van der Waals surface area contributed by atoms with Crippen molar-refractivity contribution >= 4 is 5.91 Å². The molecule has 1 aromatic heterocycles. The molecule has 1 aromatic rings. The highest BCUT2D eigenvalue weighted by molar-refractivity contribution is 5.77. The summed E-state index contributed by atoms with van der Waals surface area (Å²) in [7, 11) is 1.99. The number of amides is 1. The van der Waals surface area contributed by atoms with Crippen LogP contribution in [0.3, 0.4) is 0 Å². The van der Waals surface area contributed by atoms with E-state index in [4.69, 9.17) is 4.52 Å². The Hall–Kier alpha value is -1.36. The summed E-state index contributed by atoms with van der Waals surface area (Å²) in [6.45, 7) is 6.92. The molecule has 2 aliphatic rings. The van der Waals surface area contributed by atoms with Crippen LogP contribution in [0.4, 0.5) is 0 Å². The first-order valence-electron chi connectivity index (χ1n) is 7.93. The summed E-state index contributed by atoms with van der Waals surface area (Å²) in [5, 5.41) is 4.05. The zero-order chi connectivity index (χ0) is 15.0. The number of likely N-dealkylation sites (tertiary alicyclic amines) is 2. The van der Waals surface area contributed by atoms with E-state index < -0.39 is 0 Å². The van der Waals surface area contributed by atoms with Crippen molar-refractivity contribution in [3.63, 3.8) is 0 Å². The number of piperidine rings is 2. The topological polar surface area (TPSA) is 49.6 Å². The van der Waals surface area contributed by atoms with Crippen LogP contribution in [-0.4, -0.2) is 46.5 Å². The number of nitrogens with zero attached hydrogens (tertiary/aromatic N) is 3. The Labute approximate surface area is 126 Å². The predicted molar refractivity (Wildman–Crippen MR) is 79.8 cm³/mol. The fourth-order valence-corrected chi connectivity index (χ4v) is 3.94. The summed E-state index contributed by atoms with van der Waals surface area (Å²) in [4.78, 5) is 16.6. The molecule has 3 rings (SSSR count). The molecular formula is C16H25N3O2. The number of aryl methyl sites for hydroxylation is 2. The molecule has 0 unspecified atom stereocenters. The molecule has 1 spiro atoms. The SMILES string of the molecule is Cc1noc(C)c1CN1CCC[C@@]2(CCCC(=O)N2C)C1. The second kappa shape index (κ2) is 5.44. The molecule has 2 fully saturated rings. The fourth-order valence-electron chi connectivity index (χ4n) is 3.94. The van der Waals surface area contributed by atoms with E-state index in [2.05, 4.69) is 10.1 Å². The molecule has 1 amide bonds. The van der Waals surface area contributed by atoms with Gasteiger partial charge in [0.25, 0.3) is 0 Å². The van der Waals surface area contributed by atoms with Gasteiger partial charge in [-0.2, -0.15) is 0 Å². The number of carbonyl (C=O) groups excluding carboxylic acids is 1. The minimum Gasteiger partial charge on any atom is -0.361 e. The molecule has 0 N–H and O–H groups in total. The third kappa shape index (κ3) is 2.59. The molecule has 3 heterocycles. The maximum Gasteiger partial charge on any atom is 0.222 e. The molecule has 21 heavy (non-hydrogen) atoms. The van der Waals surface area contributed by atoms with Crippen molar-refractivity contribution in [2.24, 2.45) is 0 Å². The molecule has 0 bridgehead atoms. The Morgan fingerprint density at radius 2 is 2.05 bits per heavy atom. The van der Waals surface area contributed by atoms with Gasteiger partial charge >= 0.3 is 0 Å². The monoisotopic (exact) mass is 291 g/mol. The first-order valence-corrected chi connectivity index (χ1v) is 7.93. The molecule has 1 atom stereocenters. The third-order valence-corrected chi connectivity index (χ3v) is 5.32. The van der Waals surface area contributed by atoms with Gasteiger partial charge in [0.05, 0.1) is 11.2 Å². The van der Waals surface area contributed by atoms with Crippen LogP contribution in [-0.2, 0) is 11.3 Å². The van der Waals surface area contributed by atoms with Gasteiger partial charge < -0.3 is 9.42 Å². The van der Waals surface area contributed by atoms with E-state index in [-0.39, 0.29) is 5.54 Å². The Bertz CT molecular complexity index is 516. The van der Waals surface area contributed by atoms with Gasteiger partial charge in [-0.15, -0.1) is 0 Å². The van der Waals surface area contributed by atoms with E-state index in [0.29, 0.717) is 12.3 Å². The number of hydrogen-bond donors (Lipinski definition) is 0. The van der Waals surface area contributed by atoms with E-state index in [9.17, 15) is 4.79 Å². The summed E-state index contributed by atoms with van der Waals surface area (Å²) in [6.07, 6.45) is 5.16. The lowest BCUT2D eigenvalue weighted by Crippen LogP contribution is -2.60. The maximum atomic E-state index is 12.1. The lowest BCUT2D eigenvalue weighted by molar-refractivity contribution is -0.143. The highest BCUT2D eigenvalue weighted by Crippen LogP contribution is 2.36. The maximum absolute atomic E-state index is 12.1. The number of carbonyl (C=O) groups is 1. The number of likely N-dealkylation sites (N-methyl/N-ethyl adjacent to an activating group) is 1. The van der Waals surface area contributed by atoms with Gasteiger partial charge in [-0.3, -0.25) is 9.69 Å². The lowest BCUT2D eigenvalue weighted by Gasteiger charge is -2.50. The summed E-state index contributed by atoms with van der Waals surface area (Å²) in [5.74, 6) is 1.22. The molecular weight excluding hydrogens is 266 g/mol. The van der Waals surface area contributed by atoms with Gasteiger partial charge in [0.2, 0.25) is 5.91 Å². The second-order valence-corrected chi connectivity index (χ2v) is 6.65. The van der Waals surface area contributed by atoms with Crippen molar-refractivity contribution in [1.82, 2.24) is 15.0 Å². The van der Waals surface area contributed by atoms with Gasteiger partial charge in [-0.25, -0.2) is 0 Å². The highest BCUT2D eigenvalue weighted by atomic mass is 16.5. The first kappa shape index (κ1) is 14.6. The van der Waals surface area contributed by atoms with Gasteiger partial charge in [-0.1, -0.05) is 5.16 Å². The Morgan fingerprint density at radius 3 is 2.76 bits per heavy atom. The predicted octanol–water partition coefficient (Wildman–Crippen LogP) is 2.27. The molecule has 116 valence electrons. The summed E-state index contributed by atoms with van der Waals surface area (Å²) in [6, 6.07) is 0. The number of aromatic nitrogens is 1. The van der Waals surface area contributed by atoms with Gasteiger partial charge in [0.15, 0.2) is 0 Å². The Kier molecular flexibility index (Phi) is 3.78. The Balaban J connectivity index is 1.75. The number of rotatable bonds is 2. The average molecular weight is 291 g/mol. The molecule has 5 nitrogen and oxygen atoms in total. The summed E-state index contributed by atoms with van der Waals surface area (Å²) in [5.41, 5.74) is 2.24. The quantitative estimate of drug-likeness (QED) is 0.838. The van der Waals surface area contributed by atoms with E-state index in [1.54, 1.807) is 0 Å². The van der Waals surface area contributed by atoms with Crippen LogP contribution in [0.2, 0.25) is 0 Å². The van der Waals surface area contributed by atoms with E-state index in [1.165, 1.54) is 5.56 Å². The molecule has 0 aromatic carbocycles. The second-order valence-electron chi connectivity index (χ2n) is 6.65. The van der Waals surface area contributed by atoms with Crippen LogP contribution < -0.4 is 0 Å². The van der Waals surface area contributed by atoms with Gasteiger partial charge in [0.1, 0.15) is 5.76 Å². The molecule has 0 saturated carbocycles. The fraction of sp³-hybridized carbons (Fsp3) is 0.750. The Morgan fingerprint density at radius 1 is 1.29 bits per heavy atom. The zero-order valence-electron chi connectivity index (χ0n) is 13.3. The van der Waals surface area contributed by atoms with Gasteiger partial charge in [0, 0.05) is 32.1 Å². The van der Waals surface area contributed by atoms with E-state index >= 15 is 0 Å². The van der Waals surface area contributed by atoms with Crippen LogP contribution in [0, 0.1) is 13.8 Å². The smallest absolute Gasteiger partial charge is 0.222 e. The first-order chi connectivity index (χ1) is 10.0. The van der Waals surface area contributed by atoms with Crippen molar-refractivity contribution in [3.05, 3.63) is 17.0 Å². The van der Waals surface area contributed by atoms with Crippen LogP contribution >= 0.6 is 0 Å². The molecule has 2 saturated heterocycles. The minimum absolute atomic E-state index is 0.0482. The molecule has 0 radical (unpaired) electrons. The van der Waals surface area contributed by atoms with Crippen LogP contribution in [0.15, 0.2) is 4.52 Å². The minimum atomic E-state index is 0.0482. The van der Waals surface area contributed by atoms with Crippen LogP contribution in [0.25, 0.3) is 0 Å². The lowest BCUT2D eigenvalue weighted by atomic mass is 9.80. The summed E-state index contributed by atoms with van der Waals surface area (Å²) < 4.78 is 5.27. The average Bonchev–Trinajstić information content (AvgIpc) is 2.77. The standard InChI is InChI=1S/C16H25N3O2/c1-12-14(13(2)21-17-12)10-19-9-5-8-16(11-19)7-4-6-15(20)18(16)3/h4-11H2,1-3H3/t16-/m0/s1. The number of hydrogen-bond acceptors (Lipinski definition) is 4. The largest absolute Gasteiger partial charge is 0.361 e. The van der Waals surface area contributed by atoms with Crippen LogP contribution in [0.1, 0.15) is 49.1 Å². The summed E-state index contributed by atoms with van der Waals surface area (Å²) >= 11 is 0. The van der Waals surface area contributed by atoms with Crippen molar-refractivity contribution in [2.75, 3.05) is 20.1 Å². The molecule has 0 aliphatic carbocycles. The van der Waals surface area contributed by atoms with Crippen molar-refractivity contribution in [3.8, 4) is 0 Å². The van der Waals surface area contributed by atoms with Crippen molar-refractivity contribution < 1.29 is 9.32 Å². The van der Waals surface area contributed by atoms with Gasteiger partial charge in [-0.05, 0) is 46.1 Å². The van der Waals surface area contributed by atoms with E-state index in [1.807, 2.05) is 25.8 Å². The molecule has 2 aliphatic heterocycles. The van der Waals surface area contributed by atoms with E-state index in [0.717, 1.165) is 56.8 Å². The zero-order valence-corrected chi connectivity index (χ0v) is 13.3.